The van der Waals surface area contributed by atoms with Gasteiger partial charge >= 0.3 is 5.97 Å². The van der Waals surface area contributed by atoms with Gasteiger partial charge in [-0.1, -0.05) is 13.8 Å². The van der Waals surface area contributed by atoms with Crippen LogP contribution in [-0.2, 0) is 10.0 Å². The summed E-state index contributed by atoms with van der Waals surface area (Å²) in [6.07, 6.45) is -0.814. The summed E-state index contributed by atoms with van der Waals surface area (Å²) < 4.78 is 26.7. The lowest BCUT2D eigenvalue weighted by molar-refractivity contribution is 0.0696. The van der Waals surface area contributed by atoms with E-state index in [1.807, 2.05) is 0 Å². The molecule has 1 unspecified atom stereocenters. The van der Waals surface area contributed by atoms with Gasteiger partial charge in [0.2, 0.25) is 10.0 Å². The van der Waals surface area contributed by atoms with Crippen molar-refractivity contribution in [3.63, 3.8) is 0 Å². The van der Waals surface area contributed by atoms with Crippen molar-refractivity contribution in [2.45, 2.75) is 24.8 Å². The van der Waals surface area contributed by atoms with Gasteiger partial charge in [0.05, 0.1) is 16.6 Å². The van der Waals surface area contributed by atoms with Crippen molar-refractivity contribution in [1.29, 1.82) is 0 Å². The Balaban J connectivity index is 3.03. The van der Waals surface area contributed by atoms with Crippen LogP contribution in [0.5, 0.6) is 0 Å². The Kier molecular flexibility index (Phi) is 5.69. The summed E-state index contributed by atoms with van der Waals surface area (Å²) >= 11 is 3.08. The molecule has 0 aliphatic heterocycles. The van der Waals surface area contributed by atoms with Gasteiger partial charge in [0, 0.05) is 11.0 Å². The number of sulfonamides is 1. The van der Waals surface area contributed by atoms with Crippen LogP contribution < -0.4 is 4.72 Å². The molecular formula is C12H16BrNO5S. The van der Waals surface area contributed by atoms with E-state index < -0.39 is 22.1 Å². The van der Waals surface area contributed by atoms with Crippen molar-refractivity contribution in [2.75, 3.05) is 6.54 Å². The van der Waals surface area contributed by atoms with E-state index in [-0.39, 0.29) is 27.4 Å². The number of nitrogens with one attached hydrogen (secondary N) is 1. The van der Waals surface area contributed by atoms with Crippen LogP contribution in [0.3, 0.4) is 0 Å². The number of halogens is 1. The molecule has 0 heterocycles. The smallest absolute Gasteiger partial charge is 0.335 e. The standard InChI is InChI=1S/C12H16BrNO5S/c1-7(2)10(15)6-14-20(18,19)11-5-8(12(16)17)3-4-9(11)13/h3-5,7,10,14-15H,6H2,1-2H3,(H,16,17). The number of carbonyl (C=O) groups is 1. The van der Waals surface area contributed by atoms with Crippen LogP contribution in [0.15, 0.2) is 27.6 Å². The molecule has 20 heavy (non-hydrogen) atoms. The maximum absolute atomic E-state index is 12.1. The molecule has 112 valence electrons. The van der Waals surface area contributed by atoms with E-state index >= 15 is 0 Å². The summed E-state index contributed by atoms with van der Waals surface area (Å²) in [5, 5.41) is 18.5. The third kappa shape index (κ3) is 4.27. The molecule has 3 N–H and O–H groups in total. The van der Waals surface area contributed by atoms with Crippen molar-refractivity contribution in [3.05, 3.63) is 28.2 Å². The lowest BCUT2D eigenvalue weighted by Gasteiger charge is -2.16. The summed E-state index contributed by atoms with van der Waals surface area (Å²) in [6.45, 7) is 3.39. The first kappa shape index (κ1) is 17.1. The normalized spacial score (nSPS) is 13.4. The number of carboxylic acids is 1. The first-order valence-corrected chi connectivity index (χ1v) is 8.13. The van der Waals surface area contributed by atoms with Gasteiger partial charge in [-0.2, -0.15) is 0 Å². The number of aliphatic hydroxyl groups excluding tert-OH is 1. The van der Waals surface area contributed by atoms with Crippen LogP contribution in [0.25, 0.3) is 0 Å². The monoisotopic (exact) mass is 365 g/mol. The van der Waals surface area contributed by atoms with E-state index in [9.17, 15) is 18.3 Å². The average molecular weight is 366 g/mol. The highest BCUT2D eigenvalue weighted by Crippen LogP contribution is 2.23. The van der Waals surface area contributed by atoms with E-state index in [1.165, 1.54) is 12.1 Å². The first-order valence-electron chi connectivity index (χ1n) is 5.85. The molecule has 1 rings (SSSR count). The fourth-order valence-electron chi connectivity index (χ4n) is 1.35. The largest absolute Gasteiger partial charge is 0.478 e. The molecule has 0 aromatic heterocycles. The highest BCUT2D eigenvalue weighted by Gasteiger charge is 2.21. The Hall–Kier alpha value is -0.960. The minimum absolute atomic E-state index is 0.0912. The van der Waals surface area contributed by atoms with E-state index in [2.05, 4.69) is 20.7 Å². The van der Waals surface area contributed by atoms with Gasteiger partial charge in [-0.25, -0.2) is 17.9 Å². The number of hydrogen-bond donors (Lipinski definition) is 3. The fraction of sp³-hybridized carbons (Fsp3) is 0.417. The zero-order valence-corrected chi connectivity index (χ0v) is 13.4. The summed E-state index contributed by atoms with van der Waals surface area (Å²) in [5.74, 6) is -1.30. The molecule has 0 radical (unpaired) electrons. The van der Waals surface area contributed by atoms with Crippen molar-refractivity contribution in [1.82, 2.24) is 4.72 Å². The Morgan fingerprint density at radius 2 is 2.00 bits per heavy atom. The molecule has 0 saturated carbocycles. The molecule has 6 nitrogen and oxygen atoms in total. The molecule has 1 atom stereocenters. The number of aromatic carboxylic acids is 1. The van der Waals surface area contributed by atoms with Crippen molar-refractivity contribution in [2.24, 2.45) is 5.92 Å². The molecule has 0 bridgehead atoms. The van der Waals surface area contributed by atoms with E-state index in [0.29, 0.717) is 0 Å². The van der Waals surface area contributed by atoms with Crippen LogP contribution >= 0.6 is 15.9 Å². The first-order chi connectivity index (χ1) is 9.15. The second-order valence-corrected chi connectivity index (χ2v) is 7.20. The van der Waals surface area contributed by atoms with E-state index in [4.69, 9.17) is 5.11 Å². The van der Waals surface area contributed by atoms with Gasteiger partial charge in [0.15, 0.2) is 0 Å². The molecule has 0 saturated heterocycles. The molecule has 8 heteroatoms. The van der Waals surface area contributed by atoms with Crippen LogP contribution in [0.4, 0.5) is 0 Å². The number of rotatable bonds is 6. The van der Waals surface area contributed by atoms with Crippen LogP contribution in [0.1, 0.15) is 24.2 Å². The molecule has 0 fully saturated rings. The quantitative estimate of drug-likeness (QED) is 0.707. The third-order valence-corrected chi connectivity index (χ3v) is 5.14. The maximum atomic E-state index is 12.1. The van der Waals surface area contributed by atoms with Crippen LogP contribution in [0.2, 0.25) is 0 Å². The topological polar surface area (TPSA) is 104 Å². The summed E-state index contributed by atoms with van der Waals surface area (Å²) in [6, 6.07) is 3.72. The van der Waals surface area contributed by atoms with E-state index in [0.717, 1.165) is 6.07 Å². The Labute approximate surface area is 126 Å². The number of carboxylic acid groups (broad SMARTS) is 1. The minimum Gasteiger partial charge on any atom is -0.478 e. The van der Waals surface area contributed by atoms with Gasteiger partial charge < -0.3 is 10.2 Å². The van der Waals surface area contributed by atoms with Crippen LogP contribution in [-0.4, -0.2) is 37.2 Å². The highest BCUT2D eigenvalue weighted by molar-refractivity contribution is 9.10. The molecule has 0 aliphatic carbocycles. The highest BCUT2D eigenvalue weighted by atomic mass is 79.9. The number of benzene rings is 1. The lowest BCUT2D eigenvalue weighted by Crippen LogP contribution is -2.34. The second kappa shape index (κ2) is 6.66. The number of hydrogen-bond acceptors (Lipinski definition) is 4. The maximum Gasteiger partial charge on any atom is 0.335 e. The fourth-order valence-corrected chi connectivity index (χ4v) is 3.39. The zero-order valence-electron chi connectivity index (χ0n) is 11.0. The van der Waals surface area contributed by atoms with Gasteiger partial charge in [0.1, 0.15) is 0 Å². The van der Waals surface area contributed by atoms with Crippen molar-refractivity contribution < 1.29 is 23.4 Å². The Bertz CT molecular complexity index is 600. The summed E-state index contributed by atoms with van der Waals surface area (Å²) in [5.41, 5.74) is -0.127. The molecule has 0 amide bonds. The van der Waals surface area contributed by atoms with Gasteiger partial charge in [0.25, 0.3) is 0 Å². The number of aliphatic hydroxyl groups is 1. The Morgan fingerprint density at radius 1 is 1.40 bits per heavy atom. The van der Waals surface area contributed by atoms with Gasteiger partial charge in [-0.15, -0.1) is 0 Å². The van der Waals surface area contributed by atoms with Crippen molar-refractivity contribution >= 4 is 31.9 Å². The Morgan fingerprint density at radius 3 is 2.50 bits per heavy atom. The summed E-state index contributed by atoms with van der Waals surface area (Å²) in [4.78, 5) is 10.7. The molecular weight excluding hydrogens is 350 g/mol. The summed E-state index contributed by atoms with van der Waals surface area (Å²) in [7, 11) is -3.90. The average Bonchev–Trinajstić information content (AvgIpc) is 2.35. The second-order valence-electron chi connectivity index (χ2n) is 4.61. The van der Waals surface area contributed by atoms with E-state index in [1.54, 1.807) is 13.8 Å². The molecule has 1 aromatic rings. The lowest BCUT2D eigenvalue weighted by atomic mass is 10.1. The minimum atomic E-state index is -3.90. The van der Waals surface area contributed by atoms with Gasteiger partial charge in [-0.05, 0) is 40.0 Å². The molecule has 1 aromatic carbocycles. The van der Waals surface area contributed by atoms with Crippen molar-refractivity contribution in [3.8, 4) is 0 Å². The third-order valence-electron chi connectivity index (χ3n) is 2.72. The molecule has 0 spiro atoms. The van der Waals surface area contributed by atoms with Crippen LogP contribution in [0, 0.1) is 5.92 Å². The molecule has 0 aliphatic rings. The predicted octanol–water partition coefficient (Wildman–Crippen LogP) is 1.44. The SMILES string of the molecule is CC(C)C(O)CNS(=O)(=O)c1cc(C(=O)O)ccc1Br. The predicted molar refractivity (Wildman–Crippen MR) is 77.1 cm³/mol. The van der Waals surface area contributed by atoms with Gasteiger partial charge in [-0.3, -0.25) is 0 Å². The zero-order chi connectivity index (χ0) is 15.5.